The second kappa shape index (κ2) is 24.1. The van der Waals surface area contributed by atoms with E-state index in [4.69, 9.17) is 37.8 Å². The second-order valence-electron chi connectivity index (χ2n) is 15.1. The number of methoxy groups -OCH3 is 2. The van der Waals surface area contributed by atoms with Gasteiger partial charge in [0.25, 0.3) is 23.6 Å². The number of fused-ring (bicyclic) bond motifs is 4. The van der Waals surface area contributed by atoms with Gasteiger partial charge in [-0.2, -0.15) is 0 Å². The number of halogens is 2. The Hall–Kier alpha value is -6.78. The number of pyridine rings is 2. The molecule has 4 amide bonds. The first-order valence-electron chi connectivity index (χ1n) is 21.2. The van der Waals surface area contributed by atoms with Gasteiger partial charge in [-0.1, -0.05) is 24.3 Å². The maximum atomic E-state index is 13.5. The molecular weight excluding hydrogens is 992 g/mol. The molecule has 382 valence electrons. The van der Waals surface area contributed by atoms with Gasteiger partial charge < -0.3 is 52.0 Å². The predicted octanol–water partition coefficient (Wildman–Crippen LogP) is 7.30. The minimum Gasteiger partial charge on any atom is -0.506 e. The average Bonchev–Trinajstić information content (AvgIpc) is 3.79. The Morgan fingerprint density at radius 2 is 0.944 bits per heavy atom. The fourth-order valence-electron chi connectivity index (χ4n) is 7.26. The topological polar surface area (TPSA) is 258 Å². The van der Waals surface area contributed by atoms with Crippen LogP contribution in [0.3, 0.4) is 0 Å². The van der Waals surface area contributed by atoms with Crippen molar-refractivity contribution in [2.24, 2.45) is 0 Å². The Balaban J connectivity index is 0.000000204. The third-order valence-corrected chi connectivity index (χ3v) is 14.2. The summed E-state index contributed by atoms with van der Waals surface area (Å²) in [4.78, 5) is 63.5. The van der Waals surface area contributed by atoms with Gasteiger partial charge in [0.2, 0.25) is 0 Å². The van der Waals surface area contributed by atoms with Crippen LogP contribution in [-0.4, -0.2) is 129 Å². The van der Waals surface area contributed by atoms with Crippen LogP contribution < -0.4 is 14.2 Å². The van der Waals surface area contributed by atoms with Crippen LogP contribution in [0.4, 0.5) is 8.78 Å². The number of aromatic nitrogens is 2. The lowest BCUT2D eigenvalue weighted by molar-refractivity contribution is 0.0499. The van der Waals surface area contributed by atoms with Crippen molar-refractivity contribution in [3.05, 3.63) is 130 Å². The summed E-state index contributed by atoms with van der Waals surface area (Å²) in [6.45, 7) is -0.741. The minimum absolute atomic E-state index is 0.0119. The lowest BCUT2D eigenvalue weighted by Gasteiger charge is -2.18. The highest BCUT2D eigenvalue weighted by molar-refractivity contribution is 7.54. The number of imide groups is 2. The summed E-state index contributed by atoms with van der Waals surface area (Å²) in [5.74, 6) is -3.69. The number of carbonyl (C=O) groups excluding carboxylic acids is 4. The minimum atomic E-state index is -3.63. The molecule has 2 aliphatic rings. The molecule has 0 radical (unpaired) electrons. The Labute approximate surface area is 410 Å². The van der Waals surface area contributed by atoms with Crippen molar-refractivity contribution in [1.29, 1.82) is 0 Å². The largest absolute Gasteiger partial charge is 0.506 e. The molecule has 0 saturated carbocycles. The summed E-state index contributed by atoms with van der Waals surface area (Å²) in [5.41, 5.74) is 1.24. The number of phenolic OH excluding ortho intramolecular Hbond substituents is 1. The van der Waals surface area contributed by atoms with Crippen molar-refractivity contribution in [3.63, 3.8) is 0 Å². The predicted molar refractivity (Wildman–Crippen MR) is 252 cm³/mol. The van der Waals surface area contributed by atoms with Crippen LogP contribution in [-0.2, 0) is 49.8 Å². The molecule has 6 aromatic rings. The molecule has 0 saturated heterocycles. The first kappa shape index (κ1) is 54.6. The number of amides is 4. The maximum Gasteiger partial charge on any atom is 0.367 e. The van der Waals surface area contributed by atoms with Crippen molar-refractivity contribution in [1.82, 2.24) is 19.8 Å². The standard InChI is InChI=1S/C23H22FN2O8P.C20H15FN2O5.C4H11O4P/c1-30-12-33-21-18-17(22(27)26(23(18)28)11-14-6-8-15(24)9-7-14)20(16-5-4-10-25-19(16)21)34-13-35(29,31-2)32-3;1-27-10-28-18-15-14(17(24)13-3-2-8-22-16(13)18)19(25)23(20(15)26)9-11-4-6-12(21)7-5-11;1-7-9(6,8-2)4-3-5/h4-10H,11-13H2,1-3H3;2-8,24H,9-10H2,1H3;5H,3-4H2,1-2H3. The number of carbonyl (C=O) groups is 4. The second-order valence-corrected chi connectivity index (χ2v) is 19.7. The summed E-state index contributed by atoms with van der Waals surface area (Å²) < 4.78 is 95.9. The fraction of sp³-hybridized carbons (Fsp3) is 0.277. The van der Waals surface area contributed by atoms with E-state index in [1.165, 1.54) is 104 Å². The van der Waals surface area contributed by atoms with E-state index in [0.29, 0.717) is 16.5 Å². The Bertz CT molecular complexity index is 3060. The van der Waals surface area contributed by atoms with Gasteiger partial charge in [-0.3, -0.25) is 48.1 Å². The third kappa shape index (κ3) is 11.6. The van der Waals surface area contributed by atoms with Gasteiger partial charge in [0.1, 0.15) is 45.3 Å². The molecule has 0 aliphatic carbocycles. The fourth-order valence-corrected chi connectivity index (χ4v) is 8.66. The van der Waals surface area contributed by atoms with E-state index in [1.54, 1.807) is 24.3 Å². The molecule has 0 spiro atoms. The lowest BCUT2D eigenvalue weighted by Crippen LogP contribution is -2.29. The number of phenols is 1. The van der Waals surface area contributed by atoms with Crippen LogP contribution in [0.25, 0.3) is 21.8 Å². The molecule has 0 bridgehead atoms. The Kier molecular flexibility index (Phi) is 18.3. The number of ether oxygens (including phenoxy) is 5. The van der Waals surface area contributed by atoms with Crippen molar-refractivity contribution in [2.75, 3.05) is 75.4 Å². The van der Waals surface area contributed by atoms with E-state index in [9.17, 15) is 42.2 Å². The molecule has 8 rings (SSSR count). The summed E-state index contributed by atoms with van der Waals surface area (Å²) in [7, 11) is 1.27. The first-order chi connectivity index (χ1) is 34.5. The summed E-state index contributed by atoms with van der Waals surface area (Å²) in [6.07, 6.45) is 2.52. The smallest absolute Gasteiger partial charge is 0.367 e. The molecule has 2 N–H and O–H groups in total. The van der Waals surface area contributed by atoms with Gasteiger partial charge in [-0.05, 0) is 59.7 Å². The number of hydrogen-bond donors (Lipinski definition) is 2. The zero-order valence-corrected chi connectivity index (χ0v) is 41.3. The van der Waals surface area contributed by atoms with Crippen LogP contribution >= 0.6 is 15.2 Å². The van der Waals surface area contributed by atoms with Crippen LogP contribution in [0.5, 0.6) is 23.0 Å². The number of aromatic hydroxyl groups is 1. The average molecular weight is 1040 g/mol. The quantitative estimate of drug-likeness (QED) is 0.0458. The van der Waals surface area contributed by atoms with Crippen LogP contribution in [0.15, 0.2) is 85.2 Å². The van der Waals surface area contributed by atoms with Crippen molar-refractivity contribution in [2.45, 2.75) is 13.1 Å². The Morgan fingerprint density at radius 1 is 0.542 bits per heavy atom. The zero-order valence-electron chi connectivity index (χ0n) is 39.5. The van der Waals surface area contributed by atoms with E-state index in [-0.39, 0.29) is 101 Å². The number of rotatable bonds is 19. The summed E-state index contributed by atoms with van der Waals surface area (Å²) in [6, 6.07) is 17.3. The van der Waals surface area contributed by atoms with Crippen molar-refractivity contribution >= 4 is 60.6 Å². The van der Waals surface area contributed by atoms with Crippen molar-refractivity contribution < 1.29 is 89.1 Å². The molecule has 72 heavy (non-hydrogen) atoms. The van der Waals surface area contributed by atoms with Crippen LogP contribution in [0, 0.1) is 11.6 Å². The third-order valence-electron chi connectivity index (χ3n) is 10.8. The molecule has 4 heterocycles. The highest BCUT2D eigenvalue weighted by atomic mass is 31.2. The summed E-state index contributed by atoms with van der Waals surface area (Å²) >= 11 is 0. The van der Waals surface area contributed by atoms with Gasteiger partial charge >= 0.3 is 15.2 Å². The van der Waals surface area contributed by atoms with Crippen molar-refractivity contribution in [3.8, 4) is 23.0 Å². The van der Waals surface area contributed by atoms with Gasteiger partial charge in [-0.15, -0.1) is 0 Å². The van der Waals surface area contributed by atoms with Gasteiger partial charge in [0.05, 0.1) is 37.0 Å². The van der Waals surface area contributed by atoms with E-state index in [1.807, 2.05) is 0 Å². The van der Waals surface area contributed by atoms with E-state index < -0.39 is 56.8 Å². The van der Waals surface area contributed by atoms with Gasteiger partial charge in [-0.25, -0.2) is 8.78 Å². The van der Waals surface area contributed by atoms with E-state index in [0.717, 1.165) is 9.80 Å². The number of benzene rings is 4. The molecule has 2 aliphatic heterocycles. The molecule has 2 aromatic heterocycles. The number of hydrogen-bond acceptors (Lipinski definition) is 19. The number of nitrogens with zero attached hydrogens (tertiary/aromatic N) is 4. The monoisotopic (exact) mass is 1040 g/mol. The molecule has 0 unspecified atom stereocenters. The Morgan fingerprint density at radius 3 is 1.36 bits per heavy atom. The first-order valence-corrected chi connectivity index (χ1v) is 24.7. The zero-order chi connectivity index (χ0) is 52.3. The van der Waals surface area contributed by atoms with Crippen LogP contribution in [0.1, 0.15) is 52.6 Å². The van der Waals surface area contributed by atoms with E-state index >= 15 is 0 Å². The highest BCUT2D eigenvalue weighted by Gasteiger charge is 2.45. The molecule has 25 heteroatoms. The van der Waals surface area contributed by atoms with Gasteiger partial charge in [0.15, 0.2) is 31.4 Å². The molecule has 0 fully saturated rings. The van der Waals surface area contributed by atoms with Gasteiger partial charge in [0, 0.05) is 65.8 Å². The SMILES string of the molecule is COCOc1c2c(c(O)c3cccnc13)C(=O)N(Cc1ccc(F)cc1)C2=O.COCOc1c2c(c(OCP(=O)(OC)OC)c3cccnc13)C(=O)N(Cc1ccc(F)cc1)C2=O.COP(=O)(CCO)OC. The summed E-state index contributed by atoms with van der Waals surface area (Å²) in [5, 5.41) is 19.6. The normalized spacial score (nSPS) is 13.2. The molecule has 4 aromatic carbocycles. The molecular formula is C47H48F2N4O17P2. The number of aliphatic hydroxyl groups is 1. The highest BCUT2D eigenvalue weighted by Crippen LogP contribution is 2.50. The number of aliphatic hydroxyl groups excluding tert-OH is 1. The lowest BCUT2D eigenvalue weighted by atomic mass is 10.0. The molecule has 0 atom stereocenters. The van der Waals surface area contributed by atoms with E-state index in [2.05, 4.69) is 19.0 Å². The maximum absolute atomic E-state index is 13.5. The molecule has 21 nitrogen and oxygen atoms in total. The van der Waals surface area contributed by atoms with Crippen LogP contribution in [0.2, 0.25) is 0 Å².